The molecule has 0 heterocycles. The van der Waals surface area contributed by atoms with Crippen molar-refractivity contribution >= 4 is 7.12 Å². The lowest BCUT2D eigenvalue weighted by molar-refractivity contribution is 0.402. The Balaban J connectivity index is 2.12. The highest BCUT2D eigenvalue weighted by Crippen LogP contribution is 2.53. The van der Waals surface area contributed by atoms with Crippen molar-refractivity contribution in [3.63, 3.8) is 0 Å². The van der Waals surface area contributed by atoms with Gasteiger partial charge in [0.05, 0.1) is 0 Å². The normalized spacial score (nSPS) is 25.7. The molecule has 1 saturated carbocycles. The standard InChI is InChI=1S/C9H11BO3/c11-7-3-1-2-6(4-7)8-5-9(8)10(12)13/h1-4,8-9,11-13H,5H2/t8-,9+/m0/s1. The fraction of sp³-hybridized carbons (Fsp3) is 0.333. The quantitative estimate of drug-likeness (QED) is 0.584. The van der Waals surface area contributed by atoms with Gasteiger partial charge >= 0.3 is 7.12 Å². The molecule has 0 bridgehead atoms. The zero-order valence-electron chi connectivity index (χ0n) is 7.09. The van der Waals surface area contributed by atoms with E-state index in [2.05, 4.69) is 0 Å². The second-order valence-corrected chi connectivity index (χ2v) is 3.51. The van der Waals surface area contributed by atoms with Crippen molar-refractivity contribution in [3.05, 3.63) is 29.8 Å². The lowest BCUT2D eigenvalue weighted by Crippen LogP contribution is -2.11. The minimum Gasteiger partial charge on any atom is -0.508 e. The molecule has 2 rings (SSSR count). The largest absolute Gasteiger partial charge is 0.508 e. The summed E-state index contributed by atoms with van der Waals surface area (Å²) >= 11 is 0. The van der Waals surface area contributed by atoms with Gasteiger partial charge in [0.15, 0.2) is 0 Å². The van der Waals surface area contributed by atoms with Crippen molar-refractivity contribution in [2.75, 3.05) is 0 Å². The number of benzene rings is 1. The zero-order valence-corrected chi connectivity index (χ0v) is 7.09. The molecule has 0 radical (unpaired) electrons. The summed E-state index contributed by atoms with van der Waals surface area (Å²) in [5.41, 5.74) is 0.984. The molecule has 4 heteroatoms. The van der Waals surface area contributed by atoms with Crippen LogP contribution in [0.1, 0.15) is 17.9 Å². The molecule has 0 saturated heterocycles. The third-order valence-corrected chi connectivity index (χ3v) is 2.52. The Labute approximate surface area is 76.8 Å². The van der Waals surface area contributed by atoms with Crippen LogP contribution in [0.3, 0.4) is 0 Å². The van der Waals surface area contributed by atoms with Gasteiger partial charge in [-0.3, -0.25) is 0 Å². The molecule has 13 heavy (non-hydrogen) atoms. The highest BCUT2D eigenvalue weighted by molar-refractivity contribution is 6.44. The van der Waals surface area contributed by atoms with E-state index in [0.29, 0.717) is 0 Å². The predicted octanol–water partition coefficient (Wildman–Crippen LogP) is 0.722. The molecule has 1 aromatic rings. The predicted molar refractivity (Wildman–Crippen MR) is 49.4 cm³/mol. The minimum absolute atomic E-state index is 0.0539. The van der Waals surface area contributed by atoms with Gasteiger partial charge in [0.2, 0.25) is 0 Å². The maximum Gasteiger partial charge on any atom is 0.455 e. The van der Waals surface area contributed by atoms with E-state index in [4.69, 9.17) is 10.0 Å². The van der Waals surface area contributed by atoms with E-state index in [1.165, 1.54) is 0 Å². The summed E-state index contributed by atoms with van der Waals surface area (Å²) in [7, 11) is -1.23. The van der Waals surface area contributed by atoms with Crippen molar-refractivity contribution < 1.29 is 15.2 Å². The van der Waals surface area contributed by atoms with Crippen LogP contribution < -0.4 is 0 Å². The van der Waals surface area contributed by atoms with Crippen molar-refractivity contribution in [1.29, 1.82) is 0 Å². The smallest absolute Gasteiger partial charge is 0.455 e. The SMILES string of the molecule is OB(O)[C@@H]1C[C@H]1c1cccc(O)c1. The van der Waals surface area contributed by atoms with Crippen LogP contribution in [0.2, 0.25) is 5.82 Å². The maximum atomic E-state index is 9.19. The van der Waals surface area contributed by atoms with Gasteiger partial charge in [0.1, 0.15) is 5.75 Å². The molecule has 3 N–H and O–H groups in total. The van der Waals surface area contributed by atoms with Crippen LogP contribution in [-0.4, -0.2) is 22.3 Å². The number of hydrogen-bond acceptors (Lipinski definition) is 3. The summed E-state index contributed by atoms with van der Waals surface area (Å²) < 4.78 is 0. The van der Waals surface area contributed by atoms with Crippen molar-refractivity contribution in [2.24, 2.45) is 0 Å². The van der Waals surface area contributed by atoms with E-state index < -0.39 is 7.12 Å². The molecular formula is C9H11BO3. The minimum atomic E-state index is -1.23. The van der Waals surface area contributed by atoms with Gasteiger partial charge in [0.25, 0.3) is 0 Å². The number of hydrogen-bond donors (Lipinski definition) is 3. The van der Waals surface area contributed by atoms with Crippen LogP contribution in [-0.2, 0) is 0 Å². The molecule has 1 fully saturated rings. The Hall–Kier alpha value is -0.995. The molecule has 0 aromatic heterocycles. The van der Waals surface area contributed by atoms with E-state index in [-0.39, 0.29) is 17.5 Å². The average molecular weight is 178 g/mol. The summed E-state index contributed by atoms with van der Waals surface area (Å²) in [6.07, 6.45) is 0.793. The molecule has 0 amide bonds. The summed E-state index contributed by atoms with van der Waals surface area (Å²) in [6.45, 7) is 0. The van der Waals surface area contributed by atoms with E-state index >= 15 is 0 Å². The molecule has 1 aromatic carbocycles. The molecule has 0 unspecified atom stereocenters. The Morgan fingerprint density at radius 3 is 2.62 bits per heavy atom. The summed E-state index contributed by atoms with van der Waals surface area (Å²) in [5, 5.41) is 27.0. The van der Waals surface area contributed by atoms with Crippen LogP contribution in [0.5, 0.6) is 5.75 Å². The number of aromatic hydroxyl groups is 1. The summed E-state index contributed by atoms with van der Waals surface area (Å²) in [6, 6.07) is 6.94. The summed E-state index contributed by atoms with van der Waals surface area (Å²) in [4.78, 5) is 0. The van der Waals surface area contributed by atoms with Gasteiger partial charge in [-0.15, -0.1) is 0 Å². The van der Waals surface area contributed by atoms with Gasteiger partial charge in [-0.2, -0.15) is 0 Å². The molecule has 1 aliphatic carbocycles. The molecule has 3 nitrogen and oxygen atoms in total. The highest BCUT2D eigenvalue weighted by atomic mass is 16.4. The first kappa shape index (κ1) is 8.60. The third kappa shape index (κ3) is 1.69. The second kappa shape index (κ2) is 3.05. The van der Waals surface area contributed by atoms with Gasteiger partial charge in [-0.1, -0.05) is 12.1 Å². The van der Waals surface area contributed by atoms with Crippen molar-refractivity contribution in [3.8, 4) is 5.75 Å². The van der Waals surface area contributed by atoms with Crippen molar-refractivity contribution in [2.45, 2.75) is 18.2 Å². The zero-order chi connectivity index (χ0) is 9.42. The number of rotatable bonds is 2. The van der Waals surface area contributed by atoms with Gasteiger partial charge in [-0.25, -0.2) is 0 Å². The van der Waals surface area contributed by atoms with Crippen LogP contribution in [0.4, 0.5) is 0 Å². The Kier molecular flexibility index (Phi) is 2.02. The first-order chi connectivity index (χ1) is 6.18. The molecule has 68 valence electrons. The fourth-order valence-electron chi connectivity index (χ4n) is 1.68. The first-order valence-electron chi connectivity index (χ1n) is 4.33. The van der Waals surface area contributed by atoms with E-state index in [1.807, 2.05) is 6.07 Å². The van der Waals surface area contributed by atoms with E-state index in [1.54, 1.807) is 18.2 Å². The van der Waals surface area contributed by atoms with Crippen LogP contribution in [0.15, 0.2) is 24.3 Å². The first-order valence-corrected chi connectivity index (χ1v) is 4.33. The van der Waals surface area contributed by atoms with Crippen LogP contribution in [0.25, 0.3) is 0 Å². The van der Waals surface area contributed by atoms with E-state index in [9.17, 15) is 5.11 Å². The van der Waals surface area contributed by atoms with Gasteiger partial charge in [0, 0.05) is 5.82 Å². The molecular weight excluding hydrogens is 167 g/mol. The monoisotopic (exact) mass is 178 g/mol. The Bertz CT molecular complexity index is 313. The molecule has 0 spiro atoms. The van der Waals surface area contributed by atoms with E-state index in [0.717, 1.165) is 12.0 Å². The third-order valence-electron chi connectivity index (χ3n) is 2.52. The van der Waals surface area contributed by atoms with Gasteiger partial charge in [-0.05, 0) is 30.0 Å². The summed E-state index contributed by atoms with van der Waals surface area (Å²) in [5.74, 6) is 0.379. The molecule has 1 aliphatic rings. The highest BCUT2D eigenvalue weighted by Gasteiger charge is 2.46. The van der Waals surface area contributed by atoms with Crippen molar-refractivity contribution in [1.82, 2.24) is 0 Å². The lowest BCUT2D eigenvalue weighted by atomic mass is 9.81. The van der Waals surface area contributed by atoms with Gasteiger partial charge < -0.3 is 15.2 Å². The van der Waals surface area contributed by atoms with Crippen LogP contribution >= 0.6 is 0 Å². The molecule has 0 aliphatic heterocycles. The Morgan fingerprint density at radius 2 is 2.08 bits per heavy atom. The lowest BCUT2D eigenvalue weighted by Gasteiger charge is -2.00. The maximum absolute atomic E-state index is 9.19. The fourth-order valence-corrected chi connectivity index (χ4v) is 1.68. The second-order valence-electron chi connectivity index (χ2n) is 3.51. The number of phenols is 1. The Morgan fingerprint density at radius 1 is 1.31 bits per heavy atom. The van der Waals surface area contributed by atoms with Crippen LogP contribution in [0, 0.1) is 0 Å². The topological polar surface area (TPSA) is 60.7 Å². The molecule has 2 atom stereocenters. The average Bonchev–Trinajstić information content (AvgIpc) is 2.82. The number of phenolic OH excluding ortho intramolecular Hbond substituents is 1.